The van der Waals surface area contributed by atoms with Crippen molar-refractivity contribution in [3.63, 3.8) is 0 Å². The van der Waals surface area contributed by atoms with Crippen LogP contribution in [0.15, 0.2) is 23.8 Å². The van der Waals surface area contributed by atoms with Crippen LogP contribution in [0.2, 0.25) is 0 Å². The Bertz CT molecular complexity index is 740. The van der Waals surface area contributed by atoms with Gasteiger partial charge < -0.3 is 14.2 Å². The van der Waals surface area contributed by atoms with E-state index in [-0.39, 0.29) is 17.0 Å². The highest BCUT2D eigenvalue weighted by molar-refractivity contribution is 6.18. The second kappa shape index (κ2) is 6.54. The normalized spacial score (nSPS) is 19.2. The second-order valence-corrected chi connectivity index (χ2v) is 6.00. The first-order valence-electron chi connectivity index (χ1n) is 7.95. The molecule has 1 heterocycles. The van der Waals surface area contributed by atoms with Gasteiger partial charge in [-0.15, -0.1) is 0 Å². The van der Waals surface area contributed by atoms with E-state index >= 15 is 0 Å². The summed E-state index contributed by atoms with van der Waals surface area (Å²) in [5.74, 6) is -2.61. The molecule has 1 spiro atoms. The van der Waals surface area contributed by atoms with E-state index < -0.39 is 22.6 Å². The highest BCUT2D eigenvalue weighted by atomic mass is 16.7. The third-order valence-corrected chi connectivity index (χ3v) is 4.32. The monoisotopic (exact) mass is 347 g/mol. The molecule has 8 nitrogen and oxygen atoms in total. The topological polar surface area (TPSA) is 105 Å². The van der Waals surface area contributed by atoms with E-state index in [1.54, 1.807) is 0 Å². The first-order chi connectivity index (χ1) is 11.9. The quantitative estimate of drug-likeness (QED) is 0.272. The summed E-state index contributed by atoms with van der Waals surface area (Å²) < 4.78 is 15.7. The Balaban J connectivity index is 1.89. The van der Waals surface area contributed by atoms with Gasteiger partial charge in [0.25, 0.3) is 5.79 Å². The van der Waals surface area contributed by atoms with Gasteiger partial charge in [-0.05, 0) is 30.5 Å². The molecule has 0 aromatic heterocycles. The van der Waals surface area contributed by atoms with Gasteiger partial charge in [-0.3, -0.25) is 10.1 Å². The highest BCUT2D eigenvalue weighted by Crippen LogP contribution is 2.37. The zero-order chi connectivity index (χ0) is 18.0. The molecule has 8 heteroatoms. The first kappa shape index (κ1) is 16.9. The van der Waals surface area contributed by atoms with Crippen LogP contribution in [0.25, 0.3) is 6.08 Å². The van der Waals surface area contributed by atoms with E-state index in [9.17, 15) is 19.7 Å². The maximum absolute atomic E-state index is 12.3. The van der Waals surface area contributed by atoms with Gasteiger partial charge in [0, 0.05) is 18.9 Å². The van der Waals surface area contributed by atoms with Crippen LogP contribution in [0.5, 0.6) is 5.75 Å². The molecule has 1 aromatic rings. The molecule has 0 atom stereocenters. The van der Waals surface area contributed by atoms with Crippen molar-refractivity contribution in [1.82, 2.24) is 0 Å². The Kier molecular flexibility index (Phi) is 4.43. The van der Waals surface area contributed by atoms with Gasteiger partial charge in [-0.25, -0.2) is 9.59 Å². The van der Waals surface area contributed by atoms with Crippen molar-refractivity contribution < 1.29 is 28.7 Å². The average molecular weight is 347 g/mol. The predicted octanol–water partition coefficient (Wildman–Crippen LogP) is 2.75. The number of methoxy groups -OCH3 is 1. The van der Waals surface area contributed by atoms with Gasteiger partial charge in [-0.1, -0.05) is 12.5 Å². The lowest BCUT2D eigenvalue weighted by molar-refractivity contribution is -0.385. The molecule has 25 heavy (non-hydrogen) atoms. The zero-order valence-electron chi connectivity index (χ0n) is 13.6. The number of nitro benzene ring substituents is 1. The van der Waals surface area contributed by atoms with Crippen molar-refractivity contribution in [2.75, 3.05) is 7.11 Å². The minimum atomic E-state index is -1.16. The molecule has 0 amide bonds. The summed E-state index contributed by atoms with van der Waals surface area (Å²) in [7, 11) is 1.32. The number of esters is 2. The molecule has 3 rings (SSSR count). The van der Waals surface area contributed by atoms with Gasteiger partial charge in [0.1, 0.15) is 5.57 Å². The number of carbonyl (C=O) groups is 2. The minimum absolute atomic E-state index is 0.0853. The fourth-order valence-electron chi connectivity index (χ4n) is 3.07. The number of rotatable bonds is 3. The number of nitro groups is 1. The van der Waals surface area contributed by atoms with Crippen LogP contribution >= 0.6 is 0 Å². The third kappa shape index (κ3) is 3.33. The van der Waals surface area contributed by atoms with Gasteiger partial charge in [-0.2, -0.15) is 0 Å². The first-order valence-corrected chi connectivity index (χ1v) is 7.95. The number of hydrogen-bond donors (Lipinski definition) is 0. The molecular weight excluding hydrogens is 330 g/mol. The summed E-state index contributed by atoms with van der Waals surface area (Å²) in [5.41, 5.74) is -0.246. The third-order valence-electron chi connectivity index (χ3n) is 4.32. The fraction of sp³-hybridized carbons (Fsp3) is 0.412. The zero-order valence-corrected chi connectivity index (χ0v) is 13.6. The maximum atomic E-state index is 12.3. The summed E-state index contributed by atoms with van der Waals surface area (Å²) in [6.07, 6.45) is 4.87. The largest absolute Gasteiger partial charge is 0.490 e. The Morgan fingerprint density at radius 1 is 1.16 bits per heavy atom. The van der Waals surface area contributed by atoms with E-state index in [0.29, 0.717) is 18.4 Å². The maximum Gasteiger partial charge on any atom is 0.348 e. The van der Waals surface area contributed by atoms with E-state index in [1.165, 1.54) is 31.4 Å². The molecule has 1 saturated carbocycles. The minimum Gasteiger partial charge on any atom is -0.490 e. The smallest absolute Gasteiger partial charge is 0.348 e. The van der Waals surface area contributed by atoms with Gasteiger partial charge in [0.2, 0.25) is 0 Å². The molecule has 1 aliphatic heterocycles. The van der Waals surface area contributed by atoms with Crippen LogP contribution in [0.1, 0.15) is 37.7 Å². The second-order valence-electron chi connectivity index (χ2n) is 6.00. The van der Waals surface area contributed by atoms with Crippen LogP contribution in [-0.4, -0.2) is 29.8 Å². The van der Waals surface area contributed by atoms with E-state index in [4.69, 9.17) is 14.2 Å². The van der Waals surface area contributed by atoms with Gasteiger partial charge in [0.15, 0.2) is 5.75 Å². The number of benzene rings is 1. The Labute approximate surface area is 143 Å². The average Bonchev–Trinajstić information content (AvgIpc) is 2.58. The summed E-state index contributed by atoms with van der Waals surface area (Å²) in [6, 6.07) is 4.12. The Hall–Kier alpha value is -2.90. The summed E-state index contributed by atoms with van der Waals surface area (Å²) >= 11 is 0. The van der Waals surface area contributed by atoms with Crippen molar-refractivity contribution in [2.45, 2.75) is 37.9 Å². The molecular formula is C17H17NO7. The Morgan fingerprint density at radius 3 is 2.36 bits per heavy atom. The molecule has 0 N–H and O–H groups in total. The van der Waals surface area contributed by atoms with E-state index in [1.807, 2.05) is 0 Å². The van der Waals surface area contributed by atoms with Crippen molar-refractivity contribution in [2.24, 2.45) is 0 Å². The lowest BCUT2D eigenvalue weighted by Crippen LogP contribution is -2.47. The van der Waals surface area contributed by atoms with Gasteiger partial charge >= 0.3 is 17.6 Å². The molecule has 1 aliphatic carbocycles. The standard InChI is InChI=1S/C17H17NO7/c1-23-14-6-5-11(10-13(14)18(21)22)9-12-15(19)24-17(25-16(12)20)7-3-2-4-8-17/h5-6,9-10H,2-4,7-8H2,1H3. The molecule has 0 bridgehead atoms. The van der Waals surface area contributed by atoms with Crippen LogP contribution in [0.3, 0.4) is 0 Å². The van der Waals surface area contributed by atoms with Crippen LogP contribution in [-0.2, 0) is 19.1 Å². The lowest BCUT2D eigenvalue weighted by atomic mass is 9.93. The number of carbonyl (C=O) groups excluding carboxylic acids is 2. The van der Waals surface area contributed by atoms with Crippen molar-refractivity contribution in [3.8, 4) is 5.75 Å². The summed E-state index contributed by atoms with van der Waals surface area (Å²) in [6.45, 7) is 0. The molecule has 2 fully saturated rings. The van der Waals surface area contributed by atoms with Crippen LogP contribution < -0.4 is 4.74 Å². The van der Waals surface area contributed by atoms with E-state index in [0.717, 1.165) is 19.3 Å². The van der Waals surface area contributed by atoms with Crippen molar-refractivity contribution in [1.29, 1.82) is 0 Å². The molecule has 132 valence electrons. The SMILES string of the molecule is COc1ccc(C=C2C(=O)OC3(CCCCC3)OC2=O)cc1[N+](=O)[O-]. The number of ether oxygens (including phenoxy) is 3. The van der Waals surface area contributed by atoms with Crippen LogP contribution in [0.4, 0.5) is 5.69 Å². The number of nitrogens with zero attached hydrogens (tertiary/aromatic N) is 1. The van der Waals surface area contributed by atoms with E-state index in [2.05, 4.69) is 0 Å². The van der Waals surface area contributed by atoms with Gasteiger partial charge in [0.05, 0.1) is 12.0 Å². The molecule has 2 aliphatic rings. The fourth-order valence-corrected chi connectivity index (χ4v) is 3.07. The number of hydrogen-bond acceptors (Lipinski definition) is 7. The van der Waals surface area contributed by atoms with Crippen LogP contribution in [0, 0.1) is 10.1 Å². The predicted molar refractivity (Wildman–Crippen MR) is 85.6 cm³/mol. The summed E-state index contributed by atoms with van der Waals surface area (Å²) in [5, 5.41) is 11.1. The molecule has 1 aromatic carbocycles. The van der Waals surface area contributed by atoms with Crippen molar-refractivity contribution in [3.05, 3.63) is 39.4 Å². The molecule has 0 radical (unpaired) electrons. The highest BCUT2D eigenvalue weighted by Gasteiger charge is 2.46. The van der Waals surface area contributed by atoms with Crippen molar-refractivity contribution >= 4 is 23.7 Å². The lowest BCUT2D eigenvalue weighted by Gasteiger charge is -2.38. The summed E-state index contributed by atoms with van der Waals surface area (Å²) in [4.78, 5) is 35.0. The molecule has 1 saturated heterocycles. The Morgan fingerprint density at radius 2 is 1.80 bits per heavy atom. The molecule has 0 unspecified atom stereocenters.